The van der Waals surface area contributed by atoms with Crippen molar-refractivity contribution < 1.29 is 9.90 Å². The van der Waals surface area contributed by atoms with Gasteiger partial charge in [-0.05, 0) is 25.1 Å². The van der Waals surface area contributed by atoms with Gasteiger partial charge in [-0.25, -0.2) is 4.99 Å². The van der Waals surface area contributed by atoms with Gasteiger partial charge in [-0.15, -0.1) is 0 Å². The van der Waals surface area contributed by atoms with Crippen LogP contribution in [0.1, 0.15) is 26.2 Å². The first kappa shape index (κ1) is 14.5. The molecule has 1 aliphatic carbocycles. The molecule has 1 amide bonds. The molecular formula is C19H18N4O2. The van der Waals surface area contributed by atoms with Crippen LogP contribution in [-0.2, 0) is 4.79 Å². The Kier molecular flexibility index (Phi) is 2.94. The van der Waals surface area contributed by atoms with E-state index in [0.717, 1.165) is 53.5 Å². The monoisotopic (exact) mass is 334 g/mol. The van der Waals surface area contributed by atoms with E-state index in [9.17, 15) is 9.90 Å². The van der Waals surface area contributed by atoms with E-state index in [1.165, 1.54) is 0 Å². The summed E-state index contributed by atoms with van der Waals surface area (Å²) in [6.45, 7) is 3.39. The molecule has 0 saturated carbocycles. The number of allylic oxidation sites excluding steroid dienone is 6. The molecule has 0 atom stereocenters. The van der Waals surface area contributed by atoms with E-state index < -0.39 is 0 Å². The van der Waals surface area contributed by atoms with Crippen molar-refractivity contribution in [3.63, 3.8) is 0 Å². The molecular weight excluding hydrogens is 316 g/mol. The quantitative estimate of drug-likeness (QED) is 0.620. The molecule has 126 valence electrons. The van der Waals surface area contributed by atoms with Crippen LogP contribution in [0, 0.1) is 6.08 Å². The van der Waals surface area contributed by atoms with Gasteiger partial charge in [0.1, 0.15) is 29.9 Å². The van der Waals surface area contributed by atoms with Crippen molar-refractivity contribution in [3.05, 3.63) is 58.5 Å². The van der Waals surface area contributed by atoms with Crippen molar-refractivity contribution in [2.24, 2.45) is 4.99 Å². The number of fused-ring (bicyclic) bond motifs is 6. The molecule has 6 nitrogen and oxygen atoms in total. The van der Waals surface area contributed by atoms with Gasteiger partial charge < -0.3 is 14.9 Å². The van der Waals surface area contributed by atoms with E-state index in [2.05, 4.69) is 11.0 Å². The lowest BCUT2D eigenvalue weighted by Crippen LogP contribution is -2.35. The van der Waals surface area contributed by atoms with Gasteiger partial charge in [-0.3, -0.25) is 9.69 Å². The summed E-state index contributed by atoms with van der Waals surface area (Å²) in [6, 6.07) is 0. The minimum Gasteiger partial charge on any atom is -0.859 e. The fourth-order valence-electron chi connectivity index (χ4n) is 4.30. The number of carbonyl (C=O) groups excluding carboxylic acids is 1. The number of hydrogen-bond acceptors (Lipinski definition) is 5. The maximum Gasteiger partial charge on any atom is 0.226 e. The standard InChI is InChI=1S/C19H18N4O2/c1-12(24)21-10-8-14-17(13-5-2-3-6-15(13)21)20-11-23-18(14)22-9-4-7-16(22)19(23)25/h2-3,5H,4,7-11H2,1H3. The van der Waals surface area contributed by atoms with Gasteiger partial charge in [-0.1, -0.05) is 0 Å². The molecule has 6 heteroatoms. The molecule has 0 N–H and O–H groups in total. The summed E-state index contributed by atoms with van der Waals surface area (Å²) in [5, 5.41) is 12.7. The number of carbonyl (C=O) groups is 1. The summed E-state index contributed by atoms with van der Waals surface area (Å²) in [7, 11) is 0. The predicted octanol–water partition coefficient (Wildman–Crippen LogP) is 0.986. The molecule has 5 rings (SSSR count). The first-order valence-electron chi connectivity index (χ1n) is 8.69. The van der Waals surface area contributed by atoms with E-state index in [1.807, 2.05) is 18.2 Å². The minimum atomic E-state index is 0.00123. The third-order valence-corrected chi connectivity index (χ3v) is 5.38. The van der Waals surface area contributed by atoms with E-state index in [-0.39, 0.29) is 11.8 Å². The van der Waals surface area contributed by atoms with Crippen LogP contribution in [0.5, 0.6) is 0 Å². The SMILES string of the molecule is CC(=O)N1CCC2=C3N(CN=C2C2=CC=C[C+]=C21)C([O-])=C1CCCN13. The Balaban J connectivity index is 1.67. The van der Waals surface area contributed by atoms with Crippen LogP contribution in [-0.4, -0.2) is 46.1 Å². The molecule has 0 radical (unpaired) electrons. The first-order valence-corrected chi connectivity index (χ1v) is 8.69. The number of aliphatic imine (C=N–C) groups is 1. The summed E-state index contributed by atoms with van der Waals surface area (Å²) in [5.74, 6) is 1.08. The van der Waals surface area contributed by atoms with Crippen molar-refractivity contribution in [1.29, 1.82) is 0 Å². The van der Waals surface area contributed by atoms with Gasteiger partial charge in [0, 0.05) is 37.4 Å². The zero-order valence-corrected chi connectivity index (χ0v) is 14.1. The fraction of sp³-hybridized carbons (Fsp3) is 0.368. The largest absolute Gasteiger partial charge is 0.859 e. The molecule has 4 aliphatic heterocycles. The molecule has 0 aromatic heterocycles. The lowest BCUT2D eigenvalue weighted by Gasteiger charge is -2.32. The van der Waals surface area contributed by atoms with Gasteiger partial charge >= 0.3 is 0 Å². The van der Waals surface area contributed by atoms with Crippen LogP contribution >= 0.6 is 0 Å². The number of rotatable bonds is 0. The molecule has 0 bridgehead atoms. The normalized spacial score (nSPS) is 24.0. The second kappa shape index (κ2) is 5.07. The number of nitrogens with zero attached hydrogens (tertiary/aromatic N) is 4. The summed E-state index contributed by atoms with van der Waals surface area (Å²) >= 11 is 0. The Bertz CT molecular complexity index is 872. The number of amides is 1. The molecule has 0 spiro atoms. The van der Waals surface area contributed by atoms with Gasteiger partial charge in [0.25, 0.3) is 0 Å². The Hall–Kier alpha value is -2.85. The van der Waals surface area contributed by atoms with Crippen LogP contribution in [0.3, 0.4) is 0 Å². The minimum absolute atomic E-state index is 0.00123. The van der Waals surface area contributed by atoms with Crippen LogP contribution in [0.15, 0.2) is 57.5 Å². The van der Waals surface area contributed by atoms with E-state index in [0.29, 0.717) is 19.6 Å². The second-order valence-electron chi connectivity index (χ2n) is 6.74. The van der Waals surface area contributed by atoms with Crippen molar-refractivity contribution in [1.82, 2.24) is 14.7 Å². The Labute approximate surface area is 146 Å². The van der Waals surface area contributed by atoms with Gasteiger partial charge in [0.15, 0.2) is 0 Å². The summed E-state index contributed by atoms with van der Waals surface area (Å²) < 4.78 is 0. The van der Waals surface area contributed by atoms with E-state index in [4.69, 9.17) is 4.99 Å². The van der Waals surface area contributed by atoms with Crippen LogP contribution < -0.4 is 5.11 Å². The van der Waals surface area contributed by atoms with Gasteiger partial charge in [0.2, 0.25) is 11.6 Å². The topological polar surface area (TPSA) is 62.2 Å². The Morgan fingerprint density at radius 2 is 2.16 bits per heavy atom. The fourth-order valence-corrected chi connectivity index (χ4v) is 4.30. The highest BCUT2D eigenvalue weighted by Crippen LogP contribution is 2.43. The molecule has 2 fully saturated rings. The zero-order chi connectivity index (χ0) is 17.1. The van der Waals surface area contributed by atoms with E-state index >= 15 is 0 Å². The summed E-state index contributed by atoms with van der Waals surface area (Å²) in [6.07, 6.45) is 11.5. The van der Waals surface area contributed by atoms with Crippen molar-refractivity contribution >= 4 is 11.6 Å². The average molecular weight is 334 g/mol. The van der Waals surface area contributed by atoms with Crippen LogP contribution in [0.2, 0.25) is 0 Å². The molecule has 0 aromatic rings. The maximum atomic E-state index is 12.7. The van der Waals surface area contributed by atoms with E-state index in [1.54, 1.807) is 16.7 Å². The van der Waals surface area contributed by atoms with Crippen molar-refractivity contribution in [2.45, 2.75) is 26.2 Å². The smallest absolute Gasteiger partial charge is 0.226 e. The van der Waals surface area contributed by atoms with Crippen LogP contribution in [0.25, 0.3) is 0 Å². The zero-order valence-electron chi connectivity index (χ0n) is 14.1. The number of likely N-dealkylation sites (tertiary alicyclic amines) is 1. The molecule has 2 saturated heterocycles. The molecule has 5 aliphatic rings. The maximum absolute atomic E-state index is 12.7. The molecule has 0 aromatic carbocycles. The highest BCUT2D eigenvalue weighted by Gasteiger charge is 2.43. The number of hydrogen-bond donors (Lipinski definition) is 0. The third-order valence-electron chi connectivity index (χ3n) is 5.38. The Morgan fingerprint density at radius 3 is 3.00 bits per heavy atom. The summed E-state index contributed by atoms with van der Waals surface area (Å²) in [5.41, 5.74) is 4.58. The average Bonchev–Trinajstić information content (AvgIpc) is 3.13. The van der Waals surface area contributed by atoms with Gasteiger partial charge in [0.05, 0.1) is 12.2 Å². The van der Waals surface area contributed by atoms with Crippen molar-refractivity contribution in [3.8, 4) is 0 Å². The van der Waals surface area contributed by atoms with Gasteiger partial charge in [-0.2, -0.15) is 0 Å². The second-order valence-corrected chi connectivity index (χ2v) is 6.74. The predicted molar refractivity (Wildman–Crippen MR) is 90.1 cm³/mol. The lowest BCUT2D eigenvalue weighted by molar-refractivity contribution is -0.329. The highest BCUT2D eigenvalue weighted by atomic mass is 16.3. The third kappa shape index (κ3) is 1.88. The van der Waals surface area contributed by atoms with Crippen LogP contribution in [0.4, 0.5) is 0 Å². The van der Waals surface area contributed by atoms with Crippen molar-refractivity contribution in [2.75, 3.05) is 19.8 Å². The molecule has 25 heavy (non-hydrogen) atoms. The molecule has 4 heterocycles. The molecule has 0 unspecified atom stereocenters. The Morgan fingerprint density at radius 1 is 1.28 bits per heavy atom. The highest BCUT2D eigenvalue weighted by molar-refractivity contribution is 6.17. The summed E-state index contributed by atoms with van der Waals surface area (Å²) in [4.78, 5) is 22.6. The first-order chi connectivity index (χ1) is 12.2. The lowest BCUT2D eigenvalue weighted by atomic mass is 9.95.